The third-order valence-corrected chi connectivity index (χ3v) is 6.08. The molecule has 0 atom stereocenters. The number of hydrogen-bond donors (Lipinski definition) is 1. The molecule has 0 aliphatic rings. The van der Waals surface area contributed by atoms with E-state index in [1.165, 1.54) is 44.1 Å². The van der Waals surface area contributed by atoms with Crippen LogP contribution >= 0.6 is 0 Å². The van der Waals surface area contributed by atoms with Crippen LogP contribution in [0.5, 0.6) is 5.75 Å². The van der Waals surface area contributed by atoms with E-state index >= 15 is 0 Å². The third kappa shape index (κ3) is 18.6. The Morgan fingerprint density at radius 2 is 1.20 bits per heavy atom. The van der Waals surface area contributed by atoms with Gasteiger partial charge in [-0.2, -0.15) is 0 Å². The molecule has 0 aliphatic carbocycles. The van der Waals surface area contributed by atoms with Crippen LogP contribution in [0.2, 0.25) is 0 Å². The molecule has 2 aromatic carbocycles. The molecule has 0 saturated heterocycles. The van der Waals surface area contributed by atoms with Gasteiger partial charge in [-0.3, -0.25) is 0 Å². The van der Waals surface area contributed by atoms with E-state index in [0.29, 0.717) is 66.0 Å². The summed E-state index contributed by atoms with van der Waals surface area (Å²) in [7, 11) is 0. The molecule has 0 bridgehead atoms. The van der Waals surface area contributed by atoms with E-state index < -0.39 is 6.09 Å². The number of aryl methyl sites for hydroxylation is 1. The summed E-state index contributed by atoms with van der Waals surface area (Å²) in [6.07, 6.45) is 8.62. The lowest BCUT2D eigenvalue weighted by Crippen LogP contribution is -2.28. The first-order valence-corrected chi connectivity index (χ1v) is 14.7. The van der Waals surface area contributed by atoms with E-state index in [4.69, 9.17) is 28.4 Å². The van der Waals surface area contributed by atoms with Crippen LogP contribution in [0, 0.1) is 0 Å². The average Bonchev–Trinajstić information content (AvgIpc) is 2.99. The Balaban J connectivity index is 1.28. The van der Waals surface area contributed by atoms with Crippen LogP contribution in [0.1, 0.15) is 56.6 Å². The van der Waals surface area contributed by atoms with E-state index in [0.717, 1.165) is 17.7 Å². The summed E-state index contributed by atoms with van der Waals surface area (Å²) in [5.41, 5.74) is 2.32. The molecule has 0 radical (unpaired) electrons. The van der Waals surface area contributed by atoms with Crippen LogP contribution in [0.15, 0.2) is 54.6 Å². The highest BCUT2D eigenvalue weighted by Gasteiger charge is 2.02. The number of carbonyl (C=O) groups is 1. The maximum absolute atomic E-state index is 11.6. The predicted molar refractivity (Wildman–Crippen MR) is 157 cm³/mol. The topological polar surface area (TPSA) is 84.5 Å². The molecule has 0 aliphatic heterocycles. The van der Waals surface area contributed by atoms with Gasteiger partial charge in [0.1, 0.15) is 19.0 Å². The molecule has 40 heavy (non-hydrogen) atoms. The van der Waals surface area contributed by atoms with Crippen molar-refractivity contribution in [3.63, 3.8) is 0 Å². The standard InChI is InChI=1S/C32H49NO7/c1-2-3-4-5-6-8-11-29-14-16-31(17-15-29)39-27-26-38-25-24-37-23-22-36-21-20-35-19-18-33-32(34)40-28-30-12-9-7-10-13-30/h7,9-10,12-17H,2-6,8,11,18-28H2,1H3,(H,33,34). The highest BCUT2D eigenvalue weighted by atomic mass is 16.6. The fourth-order valence-corrected chi connectivity index (χ4v) is 3.84. The lowest BCUT2D eigenvalue weighted by molar-refractivity contribution is -0.00428. The Morgan fingerprint density at radius 3 is 1.85 bits per heavy atom. The van der Waals surface area contributed by atoms with Crippen LogP contribution in [0.4, 0.5) is 4.79 Å². The number of amides is 1. The number of alkyl carbamates (subject to hydrolysis) is 1. The molecule has 0 spiro atoms. The molecule has 0 fully saturated rings. The van der Waals surface area contributed by atoms with Crippen LogP contribution in [-0.2, 0) is 36.7 Å². The van der Waals surface area contributed by atoms with Gasteiger partial charge in [-0.25, -0.2) is 4.79 Å². The fourth-order valence-electron chi connectivity index (χ4n) is 3.84. The summed E-state index contributed by atoms with van der Waals surface area (Å²) >= 11 is 0. The summed E-state index contributed by atoms with van der Waals surface area (Å²) in [4.78, 5) is 11.6. The lowest BCUT2D eigenvalue weighted by atomic mass is 10.0. The largest absolute Gasteiger partial charge is 0.491 e. The van der Waals surface area contributed by atoms with Crippen molar-refractivity contribution in [3.8, 4) is 5.75 Å². The highest BCUT2D eigenvalue weighted by Crippen LogP contribution is 2.15. The van der Waals surface area contributed by atoms with Crippen LogP contribution < -0.4 is 10.1 Å². The number of nitrogens with one attached hydrogen (secondary N) is 1. The van der Waals surface area contributed by atoms with E-state index in [-0.39, 0.29) is 6.61 Å². The Bertz CT molecular complexity index is 848. The van der Waals surface area contributed by atoms with Gasteiger partial charge in [0.05, 0.1) is 52.9 Å². The van der Waals surface area contributed by atoms with Crippen molar-refractivity contribution in [2.45, 2.75) is 58.5 Å². The molecule has 8 nitrogen and oxygen atoms in total. The number of ether oxygens (including phenoxy) is 6. The zero-order valence-electron chi connectivity index (χ0n) is 24.3. The molecule has 2 rings (SSSR count). The third-order valence-electron chi connectivity index (χ3n) is 6.08. The second kappa shape index (κ2) is 24.2. The van der Waals surface area contributed by atoms with E-state index in [9.17, 15) is 4.79 Å². The lowest BCUT2D eigenvalue weighted by Gasteiger charge is -2.09. The number of carbonyl (C=O) groups excluding carboxylic acids is 1. The second-order valence-corrected chi connectivity index (χ2v) is 9.45. The van der Waals surface area contributed by atoms with E-state index in [2.05, 4.69) is 24.4 Å². The Labute approximate surface area is 240 Å². The zero-order chi connectivity index (χ0) is 28.4. The normalized spacial score (nSPS) is 10.9. The Kier molecular flexibility index (Phi) is 20.3. The molecule has 2 aromatic rings. The van der Waals surface area contributed by atoms with Crippen molar-refractivity contribution in [3.05, 3.63) is 65.7 Å². The summed E-state index contributed by atoms with van der Waals surface area (Å²) < 4.78 is 32.8. The average molecular weight is 560 g/mol. The van der Waals surface area contributed by atoms with Gasteiger partial charge in [-0.05, 0) is 36.1 Å². The minimum atomic E-state index is -0.457. The molecule has 0 saturated carbocycles. The first-order chi connectivity index (χ1) is 19.8. The summed E-state index contributed by atoms with van der Waals surface area (Å²) in [5, 5.41) is 2.65. The molecule has 1 N–H and O–H groups in total. The molecule has 8 heteroatoms. The fraction of sp³-hybridized carbons (Fsp3) is 0.594. The van der Waals surface area contributed by atoms with Crippen molar-refractivity contribution >= 4 is 6.09 Å². The monoisotopic (exact) mass is 559 g/mol. The molecule has 0 aromatic heterocycles. The Hall–Kier alpha value is -2.65. The minimum Gasteiger partial charge on any atom is -0.491 e. The van der Waals surface area contributed by atoms with Crippen molar-refractivity contribution in [1.82, 2.24) is 5.32 Å². The summed E-state index contributed by atoms with van der Waals surface area (Å²) in [6, 6.07) is 18.0. The van der Waals surface area contributed by atoms with Crippen molar-refractivity contribution in [2.24, 2.45) is 0 Å². The van der Waals surface area contributed by atoms with Gasteiger partial charge in [-0.1, -0.05) is 81.5 Å². The summed E-state index contributed by atoms with van der Waals surface area (Å²) in [6.45, 7) is 7.26. The Morgan fingerprint density at radius 1 is 0.625 bits per heavy atom. The predicted octanol–water partition coefficient (Wildman–Crippen LogP) is 5.96. The van der Waals surface area contributed by atoms with Gasteiger partial charge in [0.25, 0.3) is 0 Å². The van der Waals surface area contributed by atoms with Crippen LogP contribution in [0.3, 0.4) is 0 Å². The number of hydrogen-bond acceptors (Lipinski definition) is 7. The SMILES string of the molecule is CCCCCCCCc1ccc(OCCOCCOCCOCCOCCNC(=O)OCc2ccccc2)cc1. The molecule has 0 unspecified atom stereocenters. The molecular weight excluding hydrogens is 510 g/mol. The van der Waals surface area contributed by atoms with E-state index in [1.807, 2.05) is 42.5 Å². The molecular formula is C32H49NO7. The number of benzene rings is 2. The maximum Gasteiger partial charge on any atom is 0.407 e. The second-order valence-electron chi connectivity index (χ2n) is 9.45. The summed E-state index contributed by atoms with van der Waals surface area (Å²) in [5.74, 6) is 0.880. The smallest absolute Gasteiger partial charge is 0.407 e. The van der Waals surface area contributed by atoms with E-state index in [1.54, 1.807) is 0 Å². The van der Waals surface area contributed by atoms with Crippen molar-refractivity contribution < 1.29 is 33.2 Å². The van der Waals surface area contributed by atoms with Crippen LogP contribution in [-0.4, -0.2) is 72.1 Å². The van der Waals surface area contributed by atoms with Crippen molar-refractivity contribution in [1.29, 1.82) is 0 Å². The maximum atomic E-state index is 11.6. The highest BCUT2D eigenvalue weighted by molar-refractivity contribution is 5.67. The first-order valence-electron chi connectivity index (χ1n) is 14.7. The number of unbranched alkanes of at least 4 members (excludes halogenated alkanes) is 5. The minimum absolute atomic E-state index is 0.248. The first kappa shape index (κ1) is 33.6. The number of rotatable bonds is 25. The quantitative estimate of drug-likeness (QED) is 0.150. The van der Waals surface area contributed by atoms with Gasteiger partial charge in [0.2, 0.25) is 0 Å². The van der Waals surface area contributed by atoms with Crippen molar-refractivity contribution in [2.75, 3.05) is 66.0 Å². The van der Waals surface area contributed by atoms with Gasteiger partial charge < -0.3 is 33.7 Å². The molecule has 1 amide bonds. The molecule has 0 heterocycles. The molecule has 224 valence electrons. The van der Waals surface area contributed by atoms with Gasteiger partial charge >= 0.3 is 6.09 Å². The van der Waals surface area contributed by atoms with Gasteiger partial charge in [0.15, 0.2) is 0 Å². The zero-order valence-corrected chi connectivity index (χ0v) is 24.3. The van der Waals surface area contributed by atoms with Gasteiger partial charge in [-0.15, -0.1) is 0 Å². The van der Waals surface area contributed by atoms with Gasteiger partial charge in [0, 0.05) is 6.54 Å². The van der Waals surface area contributed by atoms with Crippen LogP contribution in [0.25, 0.3) is 0 Å².